The van der Waals surface area contributed by atoms with Crippen molar-refractivity contribution in [1.82, 2.24) is 0 Å². The van der Waals surface area contributed by atoms with Crippen molar-refractivity contribution in [3.63, 3.8) is 0 Å². The molecule has 0 unspecified atom stereocenters. The largest absolute Gasteiger partial charge is 0.493 e. The Morgan fingerprint density at radius 1 is 1.43 bits per heavy atom. The van der Waals surface area contributed by atoms with Crippen LogP contribution in [0.1, 0.15) is 25.0 Å². The molecule has 1 rings (SSSR count). The molecule has 0 saturated carbocycles. The van der Waals surface area contributed by atoms with E-state index in [-0.39, 0.29) is 0 Å². The normalized spacial score (nSPS) is 9.93. The second-order valence-electron chi connectivity index (χ2n) is 3.80. The predicted octanol–water partition coefficient (Wildman–Crippen LogP) is 2.90. The highest BCUT2D eigenvalue weighted by Gasteiger charge is 2.02. The Bertz CT molecular complexity index is 350. The first-order valence-corrected chi connectivity index (χ1v) is 4.77. The van der Waals surface area contributed by atoms with Gasteiger partial charge in [-0.2, -0.15) is 5.26 Å². The van der Waals surface area contributed by atoms with Crippen LogP contribution in [-0.4, -0.2) is 6.61 Å². The zero-order chi connectivity index (χ0) is 10.6. The van der Waals surface area contributed by atoms with Gasteiger partial charge in [-0.15, -0.1) is 0 Å². The molecule has 0 radical (unpaired) electrons. The van der Waals surface area contributed by atoms with Gasteiger partial charge >= 0.3 is 0 Å². The molecule has 0 aromatic heterocycles. The SMILES string of the molecule is Cc1ccc(C#N)cc1OCC(C)C. The van der Waals surface area contributed by atoms with Gasteiger partial charge in [-0.05, 0) is 30.5 Å². The first kappa shape index (κ1) is 10.6. The molecule has 2 heteroatoms. The van der Waals surface area contributed by atoms with Crippen LogP contribution in [0.25, 0.3) is 0 Å². The summed E-state index contributed by atoms with van der Waals surface area (Å²) in [7, 11) is 0. The van der Waals surface area contributed by atoms with Crippen LogP contribution in [0, 0.1) is 24.2 Å². The number of ether oxygens (including phenoxy) is 1. The molecule has 14 heavy (non-hydrogen) atoms. The summed E-state index contributed by atoms with van der Waals surface area (Å²) in [5, 5.41) is 8.72. The maximum Gasteiger partial charge on any atom is 0.123 e. The number of aryl methyl sites for hydroxylation is 1. The Hall–Kier alpha value is -1.49. The molecular weight excluding hydrogens is 174 g/mol. The number of rotatable bonds is 3. The summed E-state index contributed by atoms with van der Waals surface area (Å²) >= 11 is 0. The van der Waals surface area contributed by atoms with Crippen LogP contribution in [-0.2, 0) is 0 Å². The smallest absolute Gasteiger partial charge is 0.123 e. The van der Waals surface area contributed by atoms with Crippen molar-refractivity contribution >= 4 is 0 Å². The fourth-order valence-electron chi connectivity index (χ4n) is 1.08. The third kappa shape index (κ3) is 2.77. The summed E-state index contributed by atoms with van der Waals surface area (Å²) in [6.07, 6.45) is 0. The molecule has 0 aliphatic rings. The zero-order valence-electron chi connectivity index (χ0n) is 8.87. The third-order valence-electron chi connectivity index (χ3n) is 1.89. The van der Waals surface area contributed by atoms with E-state index in [0.29, 0.717) is 18.1 Å². The van der Waals surface area contributed by atoms with Crippen LogP contribution in [0.5, 0.6) is 5.75 Å². The number of benzene rings is 1. The summed E-state index contributed by atoms with van der Waals surface area (Å²) in [4.78, 5) is 0. The van der Waals surface area contributed by atoms with Gasteiger partial charge in [0.2, 0.25) is 0 Å². The molecule has 0 N–H and O–H groups in total. The number of hydrogen-bond donors (Lipinski definition) is 0. The van der Waals surface area contributed by atoms with Crippen molar-refractivity contribution in [2.24, 2.45) is 5.92 Å². The molecule has 2 nitrogen and oxygen atoms in total. The molecule has 0 fully saturated rings. The summed E-state index contributed by atoms with van der Waals surface area (Å²) < 4.78 is 5.59. The maximum absolute atomic E-state index is 8.72. The minimum absolute atomic E-state index is 0.500. The second-order valence-corrected chi connectivity index (χ2v) is 3.80. The highest BCUT2D eigenvalue weighted by molar-refractivity contribution is 5.41. The summed E-state index contributed by atoms with van der Waals surface area (Å²) in [5.41, 5.74) is 1.72. The average Bonchev–Trinajstić information content (AvgIpc) is 2.16. The van der Waals surface area contributed by atoms with Crippen LogP contribution in [0.3, 0.4) is 0 Å². The molecule has 0 atom stereocenters. The average molecular weight is 189 g/mol. The van der Waals surface area contributed by atoms with E-state index >= 15 is 0 Å². The molecule has 0 aliphatic carbocycles. The predicted molar refractivity (Wildman–Crippen MR) is 56.2 cm³/mol. The fraction of sp³-hybridized carbons (Fsp3) is 0.417. The lowest BCUT2D eigenvalue weighted by Gasteiger charge is -2.10. The van der Waals surface area contributed by atoms with Gasteiger partial charge in [0.15, 0.2) is 0 Å². The minimum atomic E-state index is 0.500. The van der Waals surface area contributed by atoms with Gasteiger partial charge in [0, 0.05) is 0 Å². The Kier molecular flexibility index (Phi) is 3.53. The van der Waals surface area contributed by atoms with Gasteiger partial charge in [0.05, 0.1) is 18.2 Å². The first-order valence-electron chi connectivity index (χ1n) is 4.77. The summed E-state index contributed by atoms with van der Waals surface area (Å²) in [6, 6.07) is 7.61. The first-order chi connectivity index (χ1) is 6.63. The molecule has 1 aromatic carbocycles. The van der Waals surface area contributed by atoms with Crippen molar-refractivity contribution in [2.45, 2.75) is 20.8 Å². The lowest BCUT2D eigenvalue weighted by molar-refractivity contribution is 0.269. The van der Waals surface area contributed by atoms with E-state index in [1.54, 1.807) is 12.1 Å². The lowest BCUT2D eigenvalue weighted by atomic mass is 10.1. The van der Waals surface area contributed by atoms with Crippen LogP contribution in [0.4, 0.5) is 0 Å². The summed E-state index contributed by atoms with van der Waals surface area (Å²) in [6.45, 7) is 6.87. The standard InChI is InChI=1S/C12H15NO/c1-9(2)8-14-12-6-11(7-13)5-4-10(12)3/h4-6,9H,8H2,1-3H3. The van der Waals surface area contributed by atoms with E-state index in [0.717, 1.165) is 11.3 Å². The van der Waals surface area contributed by atoms with E-state index in [4.69, 9.17) is 10.00 Å². The topological polar surface area (TPSA) is 33.0 Å². The van der Waals surface area contributed by atoms with Gasteiger partial charge < -0.3 is 4.74 Å². The molecular formula is C12H15NO. The Morgan fingerprint density at radius 2 is 2.14 bits per heavy atom. The highest BCUT2D eigenvalue weighted by Crippen LogP contribution is 2.19. The van der Waals surface area contributed by atoms with Crippen molar-refractivity contribution in [3.8, 4) is 11.8 Å². The Morgan fingerprint density at radius 3 is 2.71 bits per heavy atom. The lowest BCUT2D eigenvalue weighted by Crippen LogP contribution is -2.05. The quantitative estimate of drug-likeness (QED) is 0.732. The Labute approximate surface area is 85.1 Å². The monoisotopic (exact) mass is 189 g/mol. The molecule has 0 aliphatic heterocycles. The van der Waals surface area contributed by atoms with Crippen LogP contribution in [0.2, 0.25) is 0 Å². The van der Waals surface area contributed by atoms with Crippen molar-refractivity contribution < 1.29 is 4.74 Å². The van der Waals surface area contributed by atoms with Gasteiger partial charge in [-0.3, -0.25) is 0 Å². The molecule has 0 spiro atoms. The second kappa shape index (κ2) is 4.66. The molecule has 1 aromatic rings. The van der Waals surface area contributed by atoms with Crippen LogP contribution in [0.15, 0.2) is 18.2 Å². The van der Waals surface area contributed by atoms with Gasteiger partial charge in [0.25, 0.3) is 0 Å². The van der Waals surface area contributed by atoms with E-state index in [9.17, 15) is 0 Å². The zero-order valence-corrected chi connectivity index (χ0v) is 8.87. The molecule has 0 saturated heterocycles. The number of nitriles is 1. The Balaban J connectivity index is 2.80. The van der Waals surface area contributed by atoms with E-state index in [1.165, 1.54) is 0 Å². The third-order valence-corrected chi connectivity index (χ3v) is 1.89. The van der Waals surface area contributed by atoms with Gasteiger partial charge in [-0.25, -0.2) is 0 Å². The van der Waals surface area contributed by atoms with Crippen molar-refractivity contribution in [3.05, 3.63) is 29.3 Å². The van der Waals surface area contributed by atoms with E-state index in [1.807, 2.05) is 13.0 Å². The molecule has 0 heterocycles. The molecule has 74 valence electrons. The molecule has 0 bridgehead atoms. The van der Waals surface area contributed by atoms with Crippen LogP contribution >= 0.6 is 0 Å². The highest BCUT2D eigenvalue weighted by atomic mass is 16.5. The van der Waals surface area contributed by atoms with E-state index in [2.05, 4.69) is 19.9 Å². The van der Waals surface area contributed by atoms with Crippen LogP contribution < -0.4 is 4.74 Å². The maximum atomic E-state index is 8.72. The van der Waals surface area contributed by atoms with Gasteiger partial charge in [0.1, 0.15) is 5.75 Å². The summed E-state index contributed by atoms with van der Waals surface area (Å²) in [5.74, 6) is 1.32. The van der Waals surface area contributed by atoms with Crippen molar-refractivity contribution in [1.29, 1.82) is 5.26 Å². The number of hydrogen-bond acceptors (Lipinski definition) is 2. The minimum Gasteiger partial charge on any atom is -0.493 e. The number of nitrogens with zero attached hydrogens (tertiary/aromatic N) is 1. The van der Waals surface area contributed by atoms with E-state index < -0.39 is 0 Å². The van der Waals surface area contributed by atoms with Crippen molar-refractivity contribution in [2.75, 3.05) is 6.61 Å². The fourth-order valence-corrected chi connectivity index (χ4v) is 1.08. The molecule has 0 amide bonds. The van der Waals surface area contributed by atoms with Gasteiger partial charge in [-0.1, -0.05) is 19.9 Å².